The van der Waals surface area contributed by atoms with Gasteiger partial charge >= 0.3 is 6.03 Å². The van der Waals surface area contributed by atoms with Crippen LogP contribution in [0.2, 0.25) is 5.02 Å². The highest BCUT2D eigenvalue weighted by atomic mass is 35.5. The minimum atomic E-state index is -0.713. The van der Waals surface area contributed by atoms with E-state index in [0.717, 1.165) is 18.4 Å². The van der Waals surface area contributed by atoms with E-state index in [2.05, 4.69) is 12.2 Å². The fraction of sp³-hybridized carbons (Fsp3) is 0.529. The van der Waals surface area contributed by atoms with Gasteiger partial charge in [0.1, 0.15) is 11.3 Å². The van der Waals surface area contributed by atoms with Crippen molar-refractivity contribution in [2.45, 2.75) is 44.7 Å². The van der Waals surface area contributed by atoms with Crippen molar-refractivity contribution in [2.75, 3.05) is 7.11 Å². The first-order valence-electron chi connectivity index (χ1n) is 7.92. The van der Waals surface area contributed by atoms with Crippen molar-refractivity contribution in [3.63, 3.8) is 0 Å². The van der Waals surface area contributed by atoms with Crippen LogP contribution < -0.4 is 10.1 Å². The third-order valence-electron chi connectivity index (χ3n) is 4.94. The van der Waals surface area contributed by atoms with Gasteiger partial charge in [-0.1, -0.05) is 18.5 Å². The lowest BCUT2D eigenvalue weighted by Gasteiger charge is -2.33. The van der Waals surface area contributed by atoms with Crippen LogP contribution in [0.5, 0.6) is 5.75 Å². The van der Waals surface area contributed by atoms with E-state index in [-0.39, 0.29) is 18.5 Å². The molecular formula is C17H21ClN2O3. The van der Waals surface area contributed by atoms with Crippen molar-refractivity contribution in [1.82, 2.24) is 10.2 Å². The average Bonchev–Trinajstić information content (AvgIpc) is 2.75. The minimum Gasteiger partial charge on any atom is -0.496 e. The molecule has 1 spiro atoms. The minimum absolute atomic E-state index is 0.128. The summed E-state index contributed by atoms with van der Waals surface area (Å²) in [4.78, 5) is 26.5. The average molecular weight is 337 g/mol. The summed E-state index contributed by atoms with van der Waals surface area (Å²) in [5.74, 6) is 1.09. The van der Waals surface area contributed by atoms with Crippen molar-refractivity contribution in [3.05, 3.63) is 28.8 Å². The topological polar surface area (TPSA) is 58.6 Å². The number of rotatable bonds is 3. The molecule has 124 valence electrons. The molecule has 1 N–H and O–H groups in total. The molecule has 1 aliphatic carbocycles. The molecule has 5 nitrogen and oxygen atoms in total. The molecule has 0 bridgehead atoms. The van der Waals surface area contributed by atoms with Crippen LogP contribution in [0.4, 0.5) is 4.79 Å². The van der Waals surface area contributed by atoms with Crippen LogP contribution in [0.15, 0.2) is 18.2 Å². The monoisotopic (exact) mass is 336 g/mol. The number of urea groups is 1. The first-order valence-corrected chi connectivity index (χ1v) is 8.29. The Morgan fingerprint density at radius 1 is 1.35 bits per heavy atom. The lowest BCUT2D eigenvalue weighted by molar-refractivity contribution is -0.133. The Hall–Kier alpha value is -1.75. The smallest absolute Gasteiger partial charge is 0.325 e. The molecular weight excluding hydrogens is 316 g/mol. The van der Waals surface area contributed by atoms with Gasteiger partial charge in [-0.3, -0.25) is 9.69 Å². The first-order chi connectivity index (χ1) is 10.9. The van der Waals surface area contributed by atoms with Crippen molar-refractivity contribution in [1.29, 1.82) is 0 Å². The van der Waals surface area contributed by atoms with Crippen LogP contribution >= 0.6 is 11.6 Å². The van der Waals surface area contributed by atoms with Gasteiger partial charge in [-0.15, -0.1) is 0 Å². The zero-order valence-electron chi connectivity index (χ0n) is 13.4. The lowest BCUT2D eigenvalue weighted by atomic mass is 9.77. The van der Waals surface area contributed by atoms with Crippen molar-refractivity contribution in [2.24, 2.45) is 5.92 Å². The number of halogens is 1. The van der Waals surface area contributed by atoms with Gasteiger partial charge in [0.2, 0.25) is 0 Å². The summed E-state index contributed by atoms with van der Waals surface area (Å²) in [5, 5.41) is 3.48. The summed E-state index contributed by atoms with van der Waals surface area (Å²) in [6.07, 6.45) is 3.34. The van der Waals surface area contributed by atoms with E-state index < -0.39 is 5.54 Å². The van der Waals surface area contributed by atoms with Crippen LogP contribution in [0.3, 0.4) is 0 Å². The molecule has 1 aliphatic heterocycles. The van der Waals surface area contributed by atoms with Gasteiger partial charge in [-0.05, 0) is 49.8 Å². The van der Waals surface area contributed by atoms with Crippen LogP contribution in [-0.4, -0.2) is 29.5 Å². The third-order valence-corrected chi connectivity index (χ3v) is 5.18. The van der Waals surface area contributed by atoms with E-state index >= 15 is 0 Å². The number of methoxy groups -OCH3 is 1. The number of imide groups is 1. The summed E-state index contributed by atoms with van der Waals surface area (Å²) in [6.45, 7) is 2.36. The van der Waals surface area contributed by atoms with Gasteiger partial charge in [0.15, 0.2) is 0 Å². The Balaban J connectivity index is 1.83. The van der Waals surface area contributed by atoms with E-state index in [0.29, 0.717) is 29.5 Å². The first kappa shape index (κ1) is 16.1. The Morgan fingerprint density at radius 3 is 2.70 bits per heavy atom. The van der Waals surface area contributed by atoms with Crippen LogP contribution in [-0.2, 0) is 11.3 Å². The molecule has 0 aromatic heterocycles. The fourth-order valence-electron chi connectivity index (χ4n) is 3.45. The normalized spacial score (nSPS) is 27.4. The SMILES string of the molecule is COc1ccc(Cl)cc1CN1C(=O)NC2(CCC(C)CC2)C1=O. The summed E-state index contributed by atoms with van der Waals surface area (Å²) < 4.78 is 5.30. The molecule has 6 heteroatoms. The van der Waals surface area contributed by atoms with Crippen molar-refractivity contribution >= 4 is 23.5 Å². The van der Waals surface area contributed by atoms with Gasteiger partial charge in [0.25, 0.3) is 5.91 Å². The van der Waals surface area contributed by atoms with E-state index in [1.165, 1.54) is 4.90 Å². The largest absolute Gasteiger partial charge is 0.496 e. The maximum atomic E-state index is 12.9. The molecule has 23 heavy (non-hydrogen) atoms. The van der Waals surface area contributed by atoms with Crippen LogP contribution in [0.1, 0.15) is 38.2 Å². The second-order valence-electron chi connectivity index (χ2n) is 6.54. The molecule has 2 aliphatic rings. The molecule has 1 heterocycles. The maximum absolute atomic E-state index is 12.9. The van der Waals surface area contributed by atoms with Crippen LogP contribution in [0.25, 0.3) is 0 Å². The summed E-state index contributed by atoms with van der Waals surface area (Å²) in [6, 6.07) is 4.87. The molecule has 0 unspecified atom stereocenters. The van der Waals surface area contributed by atoms with E-state index in [1.54, 1.807) is 25.3 Å². The third kappa shape index (κ3) is 2.90. The van der Waals surface area contributed by atoms with Gasteiger partial charge in [-0.2, -0.15) is 0 Å². The molecule has 1 aromatic rings. The molecule has 3 rings (SSSR count). The maximum Gasteiger partial charge on any atom is 0.325 e. The van der Waals surface area contributed by atoms with E-state index in [9.17, 15) is 9.59 Å². The molecule has 1 aromatic carbocycles. The molecule has 1 saturated carbocycles. The summed E-state index contributed by atoms with van der Waals surface area (Å²) >= 11 is 6.03. The second-order valence-corrected chi connectivity index (χ2v) is 6.98. The number of carbonyl (C=O) groups is 2. The Labute approximate surface area is 140 Å². The molecule has 3 amide bonds. The number of nitrogens with one attached hydrogen (secondary N) is 1. The Bertz CT molecular complexity index is 639. The number of nitrogens with zero attached hydrogens (tertiary/aromatic N) is 1. The summed E-state index contributed by atoms with van der Waals surface area (Å²) in [7, 11) is 1.56. The van der Waals surface area contributed by atoms with E-state index in [4.69, 9.17) is 16.3 Å². The second kappa shape index (κ2) is 6.04. The highest BCUT2D eigenvalue weighted by Crippen LogP contribution is 2.37. The number of hydrogen-bond acceptors (Lipinski definition) is 3. The van der Waals surface area contributed by atoms with Crippen molar-refractivity contribution in [3.8, 4) is 5.75 Å². The molecule has 0 radical (unpaired) electrons. The van der Waals surface area contributed by atoms with Gasteiger partial charge in [-0.25, -0.2) is 4.79 Å². The van der Waals surface area contributed by atoms with E-state index in [1.807, 2.05) is 0 Å². The highest BCUT2D eigenvalue weighted by Gasteiger charge is 2.52. The van der Waals surface area contributed by atoms with Crippen LogP contribution in [0, 0.1) is 5.92 Å². The Kier molecular flexibility index (Phi) is 4.23. The van der Waals surface area contributed by atoms with Gasteiger partial charge in [0.05, 0.1) is 13.7 Å². The quantitative estimate of drug-likeness (QED) is 0.861. The standard InChI is InChI=1S/C17H21ClN2O3/c1-11-5-7-17(8-6-11)15(21)20(16(22)19-17)10-12-9-13(18)3-4-14(12)23-2/h3-4,9,11H,5-8,10H2,1-2H3,(H,19,22). The van der Waals surface area contributed by atoms with Gasteiger partial charge < -0.3 is 10.1 Å². The number of amides is 3. The summed E-state index contributed by atoms with van der Waals surface area (Å²) in [5.41, 5.74) is 0.0137. The molecule has 0 atom stereocenters. The Morgan fingerprint density at radius 2 is 2.04 bits per heavy atom. The number of ether oxygens (including phenoxy) is 1. The fourth-order valence-corrected chi connectivity index (χ4v) is 3.65. The number of hydrogen-bond donors (Lipinski definition) is 1. The number of carbonyl (C=O) groups excluding carboxylic acids is 2. The predicted molar refractivity (Wildman–Crippen MR) is 87.4 cm³/mol. The predicted octanol–water partition coefficient (Wildman–Crippen LogP) is 3.35. The molecule has 2 fully saturated rings. The van der Waals surface area contributed by atoms with Crippen molar-refractivity contribution < 1.29 is 14.3 Å². The zero-order chi connectivity index (χ0) is 16.6. The highest BCUT2D eigenvalue weighted by molar-refractivity contribution is 6.30. The molecule has 1 saturated heterocycles. The lowest BCUT2D eigenvalue weighted by Crippen LogP contribution is -2.49. The number of benzene rings is 1. The zero-order valence-corrected chi connectivity index (χ0v) is 14.2. The van der Waals surface area contributed by atoms with Gasteiger partial charge in [0, 0.05) is 10.6 Å².